The summed E-state index contributed by atoms with van der Waals surface area (Å²) in [5.74, 6) is 0.210. The van der Waals surface area contributed by atoms with E-state index in [0.717, 1.165) is 16.3 Å². The Balaban J connectivity index is 1.84. The Morgan fingerprint density at radius 2 is 2.19 bits per heavy atom. The van der Waals surface area contributed by atoms with Crippen molar-refractivity contribution in [3.05, 3.63) is 58.8 Å². The molecule has 0 saturated heterocycles. The highest BCUT2D eigenvalue weighted by atomic mass is 32.1. The van der Waals surface area contributed by atoms with Crippen LogP contribution in [0.1, 0.15) is 15.4 Å². The number of amides is 1. The molecule has 0 atom stereocenters. The first-order chi connectivity index (χ1) is 10.2. The standard InChI is InChI=1S/C15H12N4OS/c1-10-18-13(9-21-10)11-3-2-4-12(7-11)15(20)19-14-8-16-5-6-17-14/h2-9H,1H3,(H,17,19,20). The van der Waals surface area contributed by atoms with Gasteiger partial charge < -0.3 is 5.32 Å². The number of anilines is 1. The molecule has 1 amide bonds. The second-order valence-electron chi connectivity index (χ2n) is 4.38. The normalized spacial score (nSPS) is 10.3. The lowest BCUT2D eigenvalue weighted by Gasteiger charge is -2.05. The molecule has 0 spiro atoms. The van der Waals surface area contributed by atoms with E-state index >= 15 is 0 Å². The molecule has 3 aromatic rings. The maximum absolute atomic E-state index is 12.2. The third kappa shape index (κ3) is 3.11. The second-order valence-corrected chi connectivity index (χ2v) is 5.44. The fraction of sp³-hybridized carbons (Fsp3) is 0.0667. The first-order valence-corrected chi connectivity index (χ1v) is 7.20. The Morgan fingerprint density at radius 1 is 1.29 bits per heavy atom. The fourth-order valence-corrected chi connectivity index (χ4v) is 2.49. The number of nitrogens with zero attached hydrogens (tertiary/aromatic N) is 3. The average molecular weight is 296 g/mol. The van der Waals surface area contributed by atoms with Gasteiger partial charge in [-0.25, -0.2) is 9.97 Å². The first kappa shape index (κ1) is 13.4. The monoisotopic (exact) mass is 296 g/mol. The van der Waals surface area contributed by atoms with Crippen LogP contribution < -0.4 is 5.32 Å². The Morgan fingerprint density at radius 3 is 2.90 bits per heavy atom. The lowest BCUT2D eigenvalue weighted by Crippen LogP contribution is -2.13. The van der Waals surface area contributed by atoms with E-state index in [4.69, 9.17) is 0 Å². The number of carbonyl (C=O) groups excluding carboxylic acids is 1. The van der Waals surface area contributed by atoms with Gasteiger partial charge in [0.05, 0.1) is 16.9 Å². The fourth-order valence-electron chi connectivity index (χ4n) is 1.87. The zero-order valence-electron chi connectivity index (χ0n) is 11.3. The van der Waals surface area contributed by atoms with Gasteiger partial charge in [0.25, 0.3) is 5.91 Å². The van der Waals surface area contributed by atoms with Crippen LogP contribution in [-0.4, -0.2) is 20.9 Å². The number of aromatic nitrogens is 3. The van der Waals surface area contributed by atoms with E-state index in [-0.39, 0.29) is 5.91 Å². The molecule has 0 bridgehead atoms. The minimum absolute atomic E-state index is 0.218. The van der Waals surface area contributed by atoms with Crippen LogP contribution in [0.2, 0.25) is 0 Å². The molecular weight excluding hydrogens is 284 g/mol. The average Bonchev–Trinajstić information content (AvgIpc) is 2.95. The van der Waals surface area contributed by atoms with E-state index in [1.54, 1.807) is 23.6 Å². The molecule has 0 fully saturated rings. The molecule has 3 rings (SSSR count). The van der Waals surface area contributed by atoms with Crippen molar-refractivity contribution in [1.82, 2.24) is 15.0 Å². The summed E-state index contributed by atoms with van der Waals surface area (Å²) < 4.78 is 0. The van der Waals surface area contributed by atoms with E-state index in [1.165, 1.54) is 12.4 Å². The van der Waals surface area contributed by atoms with Crippen molar-refractivity contribution in [2.24, 2.45) is 0 Å². The molecule has 1 N–H and O–H groups in total. The maximum atomic E-state index is 12.2. The molecule has 1 aromatic carbocycles. The summed E-state index contributed by atoms with van der Waals surface area (Å²) in [6.45, 7) is 1.96. The van der Waals surface area contributed by atoms with Crippen molar-refractivity contribution in [3.63, 3.8) is 0 Å². The Labute approximate surface area is 125 Å². The van der Waals surface area contributed by atoms with Gasteiger partial charge in [0.2, 0.25) is 0 Å². The van der Waals surface area contributed by atoms with E-state index < -0.39 is 0 Å². The van der Waals surface area contributed by atoms with Crippen LogP contribution in [0.4, 0.5) is 5.82 Å². The molecule has 2 aromatic heterocycles. The van der Waals surface area contributed by atoms with Crippen LogP contribution in [0.5, 0.6) is 0 Å². The molecule has 6 heteroatoms. The summed E-state index contributed by atoms with van der Waals surface area (Å²) >= 11 is 1.59. The van der Waals surface area contributed by atoms with Gasteiger partial charge in [0.15, 0.2) is 5.82 Å². The summed E-state index contributed by atoms with van der Waals surface area (Å²) in [6, 6.07) is 7.36. The van der Waals surface area contributed by atoms with E-state index in [9.17, 15) is 4.79 Å². The van der Waals surface area contributed by atoms with Crippen molar-refractivity contribution >= 4 is 23.1 Å². The van der Waals surface area contributed by atoms with Crippen LogP contribution >= 0.6 is 11.3 Å². The minimum atomic E-state index is -0.218. The zero-order valence-corrected chi connectivity index (χ0v) is 12.1. The Hall–Kier alpha value is -2.60. The molecule has 5 nitrogen and oxygen atoms in total. The Bertz CT molecular complexity index is 770. The number of thiazole rings is 1. The number of nitrogens with one attached hydrogen (secondary N) is 1. The predicted octanol–water partition coefficient (Wildman–Crippen LogP) is 3.16. The number of rotatable bonds is 3. The molecular formula is C15H12N4OS. The quantitative estimate of drug-likeness (QED) is 0.806. The highest BCUT2D eigenvalue weighted by molar-refractivity contribution is 7.09. The number of benzene rings is 1. The number of carbonyl (C=O) groups is 1. The SMILES string of the molecule is Cc1nc(-c2cccc(C(=O)Nc3cnccn3)c2)cs1. The third-order valence-corrected chi connectivity index (χ3v) is 3.62. The van der Waals surface area contributed by atoms with Gasteiger partial charge in [-0.15, -0.1) is 11.3 Å². The molecule has 21 heavy (non-hydrogen) atoms. The summed E-state index contributed by atoms with van der Waals surface area (Å²) in [5, 5.41) is 5.69. The molecule has 0 saturated carbocycles. The van der Waals surface area contributed by atoms with Gasteiger partial charge in [-0.1, -0.05) is 12.1 Å². The van der Waals surface area contributed by atoms with Crippen molar-refractivity contribution < 1.29 is 4.79 Å². The van der Waals surface area contributed by atoms with Crippen LogP contribution in [0.25, 0.3) is 11.3 Å². The lowest BCUT2D eigenvalue weighted by atomic mass is 10.1. The molecule has 0 aliphatic rings. The van der Waals surface area contributed by atoms with E-state index in [0.29, 0.717) is 11.4 Å². The summed E-state index contributed by atoms with van der Waals surface area (Å²) in [4.78, 5) is 24.6. The molecule has 2 heterocycles. The maximum Gasteiger partial charge on any atom is 0.256 e. The van der Waals surface area contributed by atoms with Crippen LogP contribution in [0, 0.1) is 6.92 Å². The highest BCUT2D eigenvalue weighted by Crippen LogP contribution is 2.22. The largest absolute Gasteiger partial charge is 0.305 e. The van der Waals surface area contributed by atoms with Gasteiger partial charge in [-0.3, -0.25) is 9.78 Å². The number of aryl methyl sites for hydroxylation is 1. The van der Waals surface area contributed by atoms with Crippen molar-refractivity contribution in [1.29, 1.82) is 0 Å². The van der Waals surface area contributed by atoms with Crippen molar-refractivity contribution in [2.75, 3.05) is 5.32 Å². The summed E-state index contributed by atoms with van der Waals surface area (Å²) in [5.41, 5.74) is 2.36. The number of hydrogen-bond acceptors (Lipinski definition) is 5. The van der Waals surface area contributed by atoms with E-state index in [1.807, 2.05) is 30.5 Å². The molecule has 104 valence electrons. The highest BCUT2D eigenvalue weighted by Gasteiger charge is 2.09. The van der Waals surface area contributed by atoms with Gasteiger partial charge in [0.1, 0.15) is 0 Å². The summed E-state index contributed by atoms with van der Waals surface area (Å²) in [6.07, 6.45) is 4.59. The minimum Gasteiger partial charge on any atom is -0.305 e. The second kappa shape index (κ2) is 5.80. The molecule has 0 radical (unpaired) electrons. The van der Waals surface area contributed by atoms with Gasteiger partial charge in [-0.05, 0) is 19.1 Å². The van der Waals surface area contributed by atoms with Gasteiger partial charge in [-0.2, -0.15) is 0 Å². The first-order valence-electron chi connectivity index (χ1n) is 6.32. The zero-order chi connectivity index (χ0) is 14.7. The van der Waals surface area contributed by atoms with Gasteiger partial charge in [0, 0.05) is 28.9 Å². The van der Waals surface area contributed by atoms with Crippen molar-refractivity contribution in [3.8, 4) is 11.3 Å². The lowest BCUT2D eigenvalue weighted by molar-refractivity contribution is 0.102. The van der Waals surface area contributed by atoms with Gasteiger partial charge >= 0.3 is 0 Å². The van der Waals surface area contributed by atoms with E-state index in [2.05, 4.69) is 20.3 Å². The third-order valence-electron chi connectivity index (χ3n) is 2.84. The predicted molar refractivity (Wildman–Crippen MR) is 82.3 cm³/mol. The molecule has 0 aliphatic heterocycles. The van der Waals surface area contributed by atoms with Crippen molar-refractivity contribution in [2.45, 2.75) is 6.92 Å². The van der Waals surface area contributed by atoms with Crippen LogP contribution in [0.3, 0.4) is 0 Å². The smallest absolute Gasteiger partial charge is 0.256 e. The molecule has 0 aliphatic carbocycles. The Kier molecular flexibility index (Phi) is 3.70. The molecule has 0 unspecified atom stereocenters. The van der Waals surface area contributed by atoms with Crippen LogP contribution in [0.15, 0.2) is 48.2 Å². The topological polar surface area (TPSA) is 67.8 Å². The van der Waals surface area contributed by atoms with Crippen LogP contribution in [-0.2, 0) is 0 Å². The number of hydrogen-bond donors (Lipinski definition) is 1. The summed E-state index contributed by atoms with van der Waals surface area (Å²) in [7, 11) is 0.